The van der Waals surface area contributed by atoms with E-state index in [0.29, 0.717) is 19.6 Å². The largest absolute Gasteiger partial charge is 0.444 e. The second kappa shape index (κ2) is 10.6. The Morgan fingerprint density at radius 3 is 2.37 bits per heavy atom. The van der Waals surface area contributed by atoms with Crippen LogP contribution in [-0.4, -0.2) is 51.9 Å². The minimum Gasteiger partial charge on any atom is -0.444 e. The van der Waals surface area contributed by atoms with Crippen molar-refractivity contribution in [2.24, 2.45) is 4.99 Å². The topological polar surface area (TPSA) is 78.0 Å². The van der Waals surface area contributed by atoms with E-state index in [4.69, 9.17) is 4.74 Å². The van der Waals surface area contributed by atoms with Gasteiger partial charge in [0.05, 0.1) is 0 Å². The van der Waals surface area contributed by atoms with Crippen LogP contribution in [0, 0.1) is 6.92 Å². The molecule has 0 aromatic heterocycles. The van der Waals surface area contributed by atoms with E-state index in [2.05, 4.69) is 51.0 Å². The molecule has 3 N–H and O–H groups in total. The first kappa shape index (κ1) is 22.6. The molecule has 1 rings (SSSR count). The van der Waals surface area contributed by atoms with Crippen molar-refractivity contribution in [1.82, 2.24) is 16.0 Å². The molecule has 1 aromatic carbocycles. The zero-order valence-corrected chi connectivity index (χ0v) is 17.8. The number of carbonyl (C=O) groups excluding carboxylic acids is 1. The molecule has 0 aliphatic carbocycles. The number of benzene rings is 1. The summed E-state index contributed by atoms with van der Waals surface area (Å²) in [6.45, 7) is 9.61. The molecule has 0 aliphatic heterocycles. The number of rotatable bonds is 7. The first-order valence-corrected chi connectivity index (χ1v) is 9.30. The smallest absolute Gasteiger partial charge is 0.407 e. The molecule has 1 aromatic rings. The zero-order chi connectivity index (χ0) is 20.4. The van der Waals surface area contributed by atoms with Gasteiger partial charge in [0.2, 0.25) is 0 Å². The minimum atomic E-state index is -0.475. The maximum Gasteiger partial charge on any atom is 0.407 e. The van der Waals surface area contributed by atoms with Crippen molar-refractivity contribution in [1.29, 1.82) is 0 Å². The fourth-order valence-corrected chi connectivity index (χ4v) is 2.36. The molecule has 0 spiro atoms. The average molecular weight is 378 g/mol. The summed E-state index contributed by atoms with van der Waals surface area (Å²) in [5.74, 6) is 0.739. The van der Waals surface area contributed by atoms with Crippen molar-refractivity contribution < 1.29 is 9.53 Å². The standard InChI is InChI=1S/C20H35N5O2/c1-15-13-17(25(6)7)10-9-16(15)14-24-18(21-5)22-11-8-12-23-19(26)27-20(2,3)4/h9-10,13H,8,11-12,14H2,1-7H3,(H,23,26)(H2,21,22,24). The van der Waals surface area contributed by atoms with Gasteiger partial charge < -0.3 is 25.6 Å². The summed E-state index contributed by atoms with van der Waals surface area (Å²) in [5, 5.41) is 9.31. The highest BCUT2D eigenvalue weighted by Gasteiger charge is 2.15. The molecule has 0 atom stereocenters. The number of ether oxygens (including phenoxy) is 1. The second-order valence-electron chi connectivity index (χ2n) is 7.64. The summed E-state index contributed by atoms with van der Waals surface area (Å²) in [6, 6.07) is 6.42. The lowest BCUT2D eigenvalue weighted by Gasteiger charge is -2.19. The summed E-state index contributed by atoms with van der Waals surface area (Å²) in [7, 11) is 5.82. The maximum absolute atomic E-state index is 11.6. The van der Waals surface area contributed by atoms with Gasteiger partial charge in [-0.25, -0.2) is 4.79 Å². The number of carbonyl (C=O) groups is 1. The van der Waals surface area contributed by atoms with Crippen LogP contribution in [0.2, 0.25) is 0 Å². The Balaban J connectivity index is 2.32. The second-order valence-corrected chi connectivity index (χ2v) is 7.64. The van der Waals surface area contributed by atoms with Gasteiger partial charge in [-0.3, -0.25) is 4.99 Å². The van der Waals surface area contributed by atoms with Gasteiger partial charge in [0, 0.05) is 46.5 Å². The van der Waals surface area contributed by atoms with E-state index in [0.717, 1.165) is 12.4 Å². The van der Waals surface area contributed by atoms with Crippen LogP contribution in [0.3, 0.4) is 0 Å². The number of nitrogens with one attached hydrogen (secondary N) is 3. The maximum atomic E-state index is 11.6. The molecule has 0 fully saturated rings. The molecule has 7 heteroatoms. The van der Waals surface area contributed by atoms with E-state index in [1.165, 1.54) is 16.8 Å². The lowest BCUT2D eigenvalue weighted by molar-refractivity contribution is 0.0527. The molecule has 0 heterocycles. The Bertz CT molecular complexity index is 636. The summed E-state index contributed by atoms with van der Waals surface area (Å²) < 4.78 is 5.20. The molecular weight excluding hydrogens is 342 g/mol. The van der Waals surface area contributed by atoms with Gasteiger partial charge in [0.25, 0.3) is 0 Å². The van der Waals surface area contributed by atoms with Crippen LogP contribution in [0.4, 0.5) is 10.5 Å². The number of hydrogen-bond acceptors (Lipinski definition) is 4. The molecule has 1 amide bonds. The molecule has 0 unspecified atom stereocenters. The summed E-state index contributed by atoms with van der Waals surface area (Å²) >= 11 is 0. The third-order valence-electron chi connectivity index (χ3n) is 3.83. The predicted octanol–water partition coefficient (Wildman–Crippen LogP) is 2.64. The van der Waals surface area contributed by atoms with Gasteiger partial charge in [-0.05, 0) is 57.4 Å². The Hall–Kier alpha value is -2.44. The fourth-order valence-electron chi connectivity index (χ4n) is 2.36. The van der Waals surface area contributed by atoms with Crippen molar-refractivity contribution >= 4 is 17.7 Å². The van der Waals surface area contributed by atoms with Crippen molar-refractivity contribution in [3.8, 4) is 0 Å². The Kier molecular flexibility index (Phi) is 8.91. The zero-order valence-electron chi connectivity index (χ0n) is 17.8. The van der Waals surface area contributed by atoms with Crippen LogP contribution >= 0.6 is 0 Å². The Morgan fingerprint density at radius 1 is 1.15 bits per heavy atom. The van der Waals surface area contributed by atoms with Crippen LogP contribution < -0.4 is 20.9 Å². The fraction of sp³-hybridized carbons (Fsp3) is 0.600. The number of aliphatic imine (C=N–C) groups is 1. The Labute approximate surface area is 163 Å². The monoisotopic (exact) mass is 377 g/mol. The molecule has 0 saturated heterocycles. The Morgan fingerprint density at radius 2 is 1.81 bits per heavy atom. The van der Waals surface area contributed by atoms with Gasteiger partial charge in [0.15, 0.2) is 5.96 Å². The van der Waals surface area contributed by atoms with Gasteiger partial charge in [0.1, 0.15) is 5.60 Å². The number of anilines is 1. The van der Waals surface area contributed by atoms with Gasteiger partial charge in [-0.2, -0.15) is 0 Å². The van der Waals surface area contributed by atoms with Crippen molar-refractivity contribution in [3.63, 3.8) is 0 Å². The molecular formula is C20H35N5O2. The lowest BCUT2D eigenvalue weighted by atomic mass is 10.1. The lowest BCUT2D eigenvalue weighted by Crippen LogP contribution is -2.39. The third-order valence-corrected chi connectivity index (χ3v) is 3.83. The normalized spacial score (nSPS) is 11.7. The van der Waals surface area contributed by atoms with E-state index < -0.39 is 5.60 Å². The van der Waals surface area contributed by atoms with Crippen molar-refractivity contribution in [2.45, 2.75) is 46.3 Å². The quantitative estimate of drug-likeness (QED) is 0.387. The molecule has 27 heavy (non-hydrogen) atoms. The summed E-state index contributed by atoms with van der Waals surface area (Å²) in [4.78, 5) is 17.9. The molecule has 7 nitrogen and oxygen atoms in total. The average Bonchev–Trinajstić information content (AvgIpc) is 2.56. The van der Waals surface area contributed by atoms with Gasteiger partial charge in [-0.15, -0.1) is 0 Å². The first-order valence-electron chi connectivity index (χ1n) is 9.30. The van der Waals surface area contributed by atoms with Gasteiger partial charge in [-0.1, -0.05) is 6.07 Å². The highest BCUT2D eigenvalue weighted by atomic mass is 16.6. The summed E-state index contributed by atoms with van der Waals surface area (Å²) in [6.07, 6.45) is 0.387. The van der Waals surface area contributed by atoms with E-state index in [9.17, 15) is 4.79 Å². The number of nitrogens with zero attached hydrogens (tertiary/aromatic N) is 2. The van der Waals surface area contributed by atoms with Crippen LogP contribution in [0.1, 0.15) is 38.3 Å². The molecule has 0 radical (unpaired) electrons. The molecule has 0 aliphatic rings. The molecule has 152 valence electrons. The molecule has 0 bridgehead atoms. The third kappa shape index (κ3) is 9.17. The van der Waals surface area contributed by atoms with Crippen molar-refractivity contribution in [2.75, 3.05) is 39.1 Å². The van der Waals surface area contributed by atoms with Crippen LogP contribution in [0.15, 0.2) is 23.2 Å². The number of alkyl carbamates (subject to hydrolysis) is 1. The minimum absolute atomic E-state index is 0.387. The van der Waals surface area contributed by atoms with Crippen LogP contribution in [0.25, 0.3) is 0 Å². The van der Waals surface area contributed by atoms with E-state index in [-0.39, 0.29) is 6.09 Å². The predicted molar refractivity (Wildman–Crippen MR) is 113 cm³/mol. The highest BCUT2D eigenvalue weighted by Crippen LogP contribution is 2.17. The number of guanidine groups is 1. The van der Waals surface area contributed by atoms with Crippen molar-refractivity contribution in [3.05, 3.63) is 29.3 Å². The van der Waals surface area contributed by atoms with Crippen LogP contribution in [0.5, 0.6) is 0 Å². The van der Waals surface area contributed by atoms with E-state index in [1.807, 2.05) is 34.9 Å². The summed E-state index contributed by atoms with van der Waals surface area (Å²) in [5.41, 5.74) is 3.19. The van der Waals surface area contributed by atoms with E-state index >= 15 is 0 Å². The van der Waals surface area contributed by atoms with E-state index in [1.54, 1.807) is 7.05 Å². The van der Waals surface area contributed by atoms with Crippen LogP contribution in [-0.2, 0) is 11.3 Å². The number of aryl methyl sites for hydroxylation is 1. The SMILES string of the molecule is CN=C(NCCCNC(=O)OC(C)(C)C)NCc1ccc(N(C)C)cc1C. The number of amides is 1. The first-order chi connectivity index (χ1) is 12.6. The highest BCUT2D eigenvalue weighted by molar-refractivity contribution is 5.79. The molecule has 0 saturated carbocycles. The van der Waals surface area contributed by atoms with Gasteiger partial charge >= 0.3 is 6.09 Å². The number of hydrogen-bond donors (Lipinski definition) is 3.